The van der Waals surface area contributed by atoms with Gasteiger partial charge in [-0.25, -0.2) is 9.18 Å². The molecule has 0 aliphatic heterocycles. The quantitative estimate of drug-likeness (QED) is 0.464. The second kappa shape index (κ2) is 8.75. The second-order valence-corrected chi connectivity index (χ2v) is 7.52. The topological polar surface area (TPSA) is 55.4 Å². The predicted molar refractivity (Wildman–Crippen MR) is 107 cm³/mol. The van der Waals surface area contributed by atoms with E-state index >= 15 is 0 Å². The third-order valence-electron chi connectivity index (χ3n) is 3.60. The van der Waals surface area contributed by atoms with Crippen molar-refractivity contribution in [2.75, 3.05) is 5.32 Å². The predicted octanol–water partition coefficient (Wildman–Crippen LogP) is 5.06. The number of anilines is 1. The SMILES string of the molecule is C[C@H](OC(=O)/C(=C/c1cccs1)c1cccs1)C(=O)Nc1ccc(F)cc1. The van der Waals surface area contributed by atoms with E-state index < -0.39 is 23.8 Å². The van der Waals surface area contributed by atoms with Crippen LogP contribution in [0.1, 0.15) is 16.7 Å². The molecule has 138 valence electrons. The van der Waals surface area contributed by atoms with Gasteiger partial charge in [-0.1, -0.05) is 12.1 Å². The molecule has 0 aliphatic carbocycles. The molecule has 0 spiro atoms. The first kappa shape index (κ1) is 19.0. The number of ether oxygens (including phenoxy) is 1. The lowest BCUT2D eigenvalue weighted by atomic mass is 10.2. The minimum Gasteiger partial charge on any atom is -0.449 e. The number of carbonyl (C=O) groups excluding carboxylic acids is 2. The Morgan fingerprint density at radius 3 is 2.41 bits per heavy atom. The van der Waals surface area contributed by atoms with Gasteiger partial charge in [0.2, 0.25) is 0 Å². The van der Waals surface area contributed by atoms with Crippen LogP contribution in [0.25, 0.3) is 11.6 Å². The summed E-state index contributed by atoms with van der Waals surface area (Å²) >= 11 is 2.92. The van der Waals surface area contributed by atoms with Gasteiger partial charge in [0.1, 0.15) is 5.82 Å². The number of esters is 1. The van der Waals surface area contributed by atoms with Crippen molar-refractivity contribution in [3.8, 4) is 0 Å². The van der Waals surface area contributed by atoms with E-state index in [9.17, 15) is 14.0 Å². The molecular formula is C20H16FNO3S2. The number of halogens is 1. The Balaban J connectivity index is 1.71. The minimum atomic E-state index is -1.01. The highest BCUT2D eigenvalue weighted by Crippen LogP contribution is 2.26. The molecule has 0 bridgehead atoms. The maximum atomic E-state index is 12.9. The summed E-state index contributed by atoms with van der Waals surface area (Å²) in [5.74, 6) is -1.46. The number of hydrogen-bond donors (Lipinski definition) is 1. The van der Waals surface area contributed by atoms with Crippen molar-refractivity contribution >= 4 is 51.9 Å². The van der Waals surface area contributed by atoms with Crippen LogP contribution in [0.5, 0.6) is 0 Å². The highest BCUT2D eigenvalue weighted by molar-refractivity contribution is 7.12. The molecule has 3 rings (SSSR count). The molecule has 2 aromatic heterocycles. The van der Waals surface area contributed by atoms with Gasteiger partial charge in [-0.15, -0.1) is 22.7 Å². The lowest BCUT2D eigenvalue weighted by Gasteiger charge is -2.14. The molecule has 1 amide bonds. The molecule has 1 aromatic carbocycles. The van der Waals surface area contributed by atoms with E-state index in [0.717, 1.165) is 9.75 Å². The summed E-state index contributed by atoms with van der Waals surface area (Å²) in [7, 11) is 0. The van der Waals surface area contributed by atoms with Crippen molar-refractivity contribution < 1.29 is 18.7 Å². The largest absolute Gasteiger partial charge is 0.449 e. The fourth-order valence-electron chi connectivity index (χ4n) is 2.23. The van der Waals surface area contributed by atoms with E-state index in [1.807, 2.05) is 35.0 Å². The fourth-order valence-corrected chi connectivity index (χ4v) is 3.62. The van der Waals surface area contributed by atoms with Crippen LogP contribution in [-0.4, -0.2) is 18.0 Å². The molecule has 0 saturated carbocycles. The van der Waals surface area contributed by atoms with Crippen LogP contribution in [0, 0.1) is 5.82 Å². The van der Waals surface area contributed by atoms with Gasteiger partial charge < -0.3 is 10.1 Å². The van der Waals surface area contributed by atoms with Gasteiger partial charge in [-0.3, -0.25) is 4.79 Å². The highest BCUT2D eigenvalue weighted by Gasteiger charge is 2.22. The van der Waals surface area contributed by atoms with E-state index in [-0.39, 0.29) is 0 Å². The van der Waals surface area contributed by atoms with Gasteiger partial charge in [-0.05, 0) is 60.2 Å². The van der Waals surface area contributed by atoms with Crippen LogP contribution in [0.2, 0.25) is 0 Å². The van der Waals surface area contributed by atoms with E-state index in [4.69, 9.17) is 4.74 Å². The molecule has 0 fully saturated rings. The number of rotatable bonds is 6. The van der Waals surface area contributed by atoms with Crippen LogP contribution in [0.15, 0.2) is 59.3 Å². The first-order valence-corrected chi connectivity index (χ1v) is 9.85. The molecule has 4 nitrogen and oxygen atoms in total. The van der Waals surface area contributed by atoms with Crippen LogP contribution < -0.4 is 5.32 Å². The molecule has 2 heterocycles. The lowest BCUT2D eigenvalue weighted by molar-refractivity contribution is -0.147. The van der Waals surface area contributed by atoms with Gasteiger partial charge in [0.25, 0.3) is 5.91 Å². The third kappa shape index (κ3) is 5.12. The minimum absolute atomic E-state index is 0.397. The van der Waals surface area contributed by atoms with Crippen molar-refractivity contribution in [1.82, 2.24) is 0 Å². The lowest BCUT2D eigenvalue weighted by Crippen LogP contribution is -2.30. The van der Waals surface area contributed by atoms with E-state index in [1.165, 1.54) is 53.9 Å². The van der Waals surface area contributed by atoms with Crippen LogP contribution in [0.3, 0.4) is 0 Å². The molecule has 0 unspecified atom stereocenters. The standard InChI is InChI=1S/C20H16FNO3S2/c1-13(19(23)22-15-8-6-14(21)7-9-15)25-20(24)17(18-5-3-11-27-18)12-16-4-2-10-26-16/h2-13H,1H3,(H,22,23)/b17-12+/t13-/m0/s1. The van der Waals surface area contributed by atoms with E-state index in [0.29, 0.717) is 11.3 Å². The maximum absolute atomic E-state index is 12.9. The number of benzene rings is 1. The number of hydrogen-bond acceptors (Lipinski definition) is 5. The zero-order valence-corrected chi connectivity index (χ0v) is 16.0. The Hall–Kier alpha value is -2.77. The number of thiophene rings is 2. The highest BCUT2D eigenvalue weighted by atomic mass is 32.1. The molecule has 27 heavy (non-hydrogen) atoms. The van der Waals surface area contributed by atoms with Crippen molar-refractivity contribution in [3.05, 3.63) is 74.9 Å². The molecule has 0 aliphatic rings. The molecule has 1 atom stereocenters. The summed E-state index contributed by atoms with van der Waals surface area (Å²) in [5.41, 5.74) is 0.825. The Labute approximate surface area is 163 Å². The first-order valence-electron chi connectivity index (χ1n) is 8.09. The summed E-state index contributed by atoms with van der Waals surface area (Å²) in [6, 6.07) is 12.8. The average Bonchev–Trinajstić information content (AvgIpc) is 3.35. The van der Waals surface area contributed by atoms with Gasteiger partial charge >= 0.3 is 5.97 Å². The summed E-state index contributed by atoms with van der Waals surface area (Å²) in [5, 5.41) is 6.39. The zero-order valence-electron chi connectivity index (χ0n) is 14.3. The number of carbonyl (C=O) groups is 2. The molecule has 7 heteroatoms. The van der Waals surface area contributed by atoms with Gasteiger partial charge in [0.05, 0.1) is 5.57 Å². The number of amides is 1. The monoisotopic (exact) mass is 401 g/mol. The molecular weight excluding hydrogens is 385 g/mol. The summed E-state index contributed by atoms with van der Waals surface area (Å²) < 4.78 is 18.3. The average molecular weight is 401 g/mol. The summed E-state index contributed by atoms with van der Waals surface area (Å²) in [6.45, 7) is 1.49. The van der Waals surface area contributed by atoms with Crippen molar-refractivity contribution in [2.24, 2.45) is 0 Å². The Morgan fingerprint density at radius 2 is 1.78 bits per heavy atom. The zero-order chi connectivity index (χ0) is 19.2. The first-order chi connectivity index (χ1) is 13.0. The van der Waals surface area contributed by atoms with Gasteiger partial charge in [-0.2, -0.15) is 0 Å². The summed E-state index contributed by atoms with van der Waals surface area (Å²) in [4.78, 5) is 26.6. The van der Waals surface area contributed by atoms with E-state index in [2.05, 4.69) is 5.32 Å². The molecule has 0 saturated heterocycles. The van der Waals surface area contributed by atoms with Crippen LogP contribution in [0.4, 0.5) is 10.1 Å². The van der Waals surface area contributed by atoms with Crippen molar-refractivity contribution in [3.63, 3.8) is 0 Å². The number of nitrogens with one attached hydrogen (secondary N) is 1. The maximum Gasteiger partial charge on any atom is 0.340 e. The molecule has 0 radical (unpaired) electrons. The van der Waals surface area contributed by atoms with E-state index in [1.54, 1.807) is 6.08 Å². The van der Waals surface area contributed by atoms with Crippen molar-refractivity contribution in [2.45, 2.75) is 13.0 Å². The smallest absolute Gasteiger partial charge is 0.340 e. The Morgan fingerprint density at radius 1 is 1.07 bits per heavy atom. The Bertz CT molecular complexity index is 932. The molecule has 1 N–H and O–H groups in total. The van der Waals surface area contributed by atoms with Crippen molar-refractivity contribution in [1.29, 1.82) is 0 Å². The van der Waals surface area contributed by atoms with Crippen LogP contribution in [-0.2, 0) is 14.3 Å². The second-order valence-electron chi connectivity index (χ2n) is 5.59. The van der Waals surface area contributed by atoms with Gasteiger partial charge in [0, 0.05) is 15.4 Å². The summed E-state index contributed by atoms with van der Waals surface area (Å²) in [6.07, 6.45) is 0.748. The van der Waals surface area contributed by atoms with Crippen LogP contribution >= 0.6 is 22.7 Å². The Kier molecular flexibility index (Phi) is 6.16. The molecule has 3 aromatic rings. The fraction of sp³-hybridized carbons (Fsp3) is 0.100. The van der Waals surface area contributed by atoms with Gasteiger partial charge in [0.15, 0.2) is 6.10 Å². The normalized spacial score (nSPS) is 12.4. The third-order valence-corrected chi connectivity index (χ3v) is 5.32.